The zero-order chi connectivity index (χ0) is 23.8. The number of pyridine rings is 2. The number of rotatable bonds is 4. The lowest BCUT2D eigenvalue weighted by Gasteiger charge is -2.35. The Labute approximate surface area is 190 Å². The number of aryl methyl sites for hydroxylation is 1. The van der Waals surface area contributed by atoms with Gasteiger partial charge < -0.3 is 10.2 Å². The molecule has 1 aliphatic rings. The number of aromatic nitrogens is 5. The Bertz CT molecular complexity index is 1140. The quantitative estimate of drug-likeness (QED) is 0.561. The third-order valence-electron chi connectivity index (χ3n) is 5.56. The minimum absolute atomic E-state index is 0.00514. The molecule has 0 amide bonds. The zero-order valence-corrected chi connectivity index (χ0v) is 19.0. The average Bonchev–Trinajstić information content (AvgIpc) is 3.24. The SMILES string of the molecule is Cc1cccc(-c2nc(Nc3ccnc(C(F)(F)F)c3)nc(N3CCC[C@@H]3C(C)(C)C)n2)n1. The monoisotopic (exact) mass is 457 g/mol. The number of halogens is 3. The highest BCUT2D eigenvalue weighted by atomic mass is 19.4. The van der Waals surface area contributed by atoms with Crippen LogP contribution in [0.4, 0.5) is 30.8 Å². The lowest BCUT2D eigenvalue weighted by atomic mass is 9.85. The summed E-state index contributed by atoms with van der Waals surface area (Å²) in [7, 11) is 0. The normalized spacial score (nSPS) is 16.8. The van der Waals surface area contributed by atoms with Gasteiger partial charge in [0.05, 0.1) is 0 Å². The van der Waals surface area contributed by atoms with Gasteiger partial charge in [0.25, 0.3) is 0 Å². The second-order valence-corrected chi connectivity index (χ2v) is 9.22. The van der Waals surface area contributed by atoms with Crippen molar-refractivity contribution in [1.29, 1.82) is 0 Å². The largest absolute Gasteiger partial charge is 0.433 e. The van der Waals surface area contributed by atoms with Crippen molar-refractivity contribution in [2.45, 2.75) is 52.8 Å². The molecule has 0 radical (unpaired) electrons. The van der Waals surface area contributed by atoms with Gasteiger partial charge in [-0.15, -0.1) is 0 Å². The van der Waals surface area contributed by atoms with Gasteiger partial charge in [0.1, 0.15) is 11.4 Å². The topological polar surface area (TPSA) is 79.7 Å². The minimum atomic E-state index is -4.55. The molecule has 1 fully saturated rings. The summed E-state index contributed by atoms with van der Waals surface area (Å²) in [5.41, 5.74) is 0.576. The molecule has 1 N–H and O–H groups in total. The zero-order valence-electron chi connectivity index (χ0n) is 19.0. The van der Waals surface area contributed by atoms with E-state index in [1.807, 2.05) is 19.1 Å². The lowest BCUT2D eigenvalue weighted by molar-refractivity contribution is -0.141. The summed E-state index contributed by atoms with van der Waals surface area (Å²) >= 11 is 0. The van der Waals surface area contributed by atoms with Crippen LogP contribution in [0.3, 0.4) is 0 Å². The Kier molecular flexibility index (Phi) is 5.94. The fraction of sp³-hybridized carbons (Fsp3) is 0.435. The Hall–Kier alpha value is -3.30. The van der Waals surface area contributed by atoms with E-state index in [4.69, 9.17) is 4.98 Å². The molecule has 7 nitrogen and oxygen atoms in total. The maximum atomic E-state index is 13.1. The third kappa shape index (κ3) is 5.20. The van der Waals surface area contributed by atoms with E-state index >= 15 is 0 Å². The van der Waals surface area contributed by atoms with E-state index in [1.165, 1.54) is 6.07 Å². The summed E-state index contributed by atoms with van der Waals surface area (Å²) in [6.07, 6.45) is -1.43. The maximum absolute atomic E-state index is 13.1. The summed E-state index contributed by atoms with van der Waals surface area (Å²) < 4.78 is 39.3. The van der Waals surface area contributed by atoms with Crippen molar-refractivity contribution in [3.63, 3.8) is 0 Å². The lowest BCUT2D eigenvalue weighted by Crippen LogP contribution is -2.40. The molecule has 1 aliphatic heterocycles. The van der Waals surface area contributed by atoms with Crippen molar-refractivity contribution in [3.8, 4) is 11.5 Å². The van der Waals surface area contributed by atoms with Gasteiger partial charge in [0.2, 0.25) is 11.9 Å². The first-order valence-corrected chi connectivity index (χ1v) is 10.8. The van der Waals surface area contributed by atoms with Crippen LogP contribution >= 0.6 is 0 Å². The molecule has 4 rings (SSSR count). The molecule has 3 aromatic heterocycles. The molecule has 1 atom stereocenters. The Balaban J connectivity index is 1.77. The van der Waals surface area contributed by atoms with E-state index in [1.54, 1.807) is 6.07 Å². The number of anilines is 3. The molecule has 4 heterocycles. The van der Waals surface area contributed by atoms with Crippen LogP contribution in [-0.2, 0) is 6.18 Å². The van der Waals surface area contributed by atoms with Crippen molar-refractivity contribution in [1.82, 2.24) is 24.9 Å². The molecule has 0 saturated carbocycles. The summed E-state index contributed by atoms with van der Waals surface area (Å²) in [5.74, 6) is 0.987. The van der Waals surface area contributed by atoms with Crippen LogP contribution < -0.4 is 10.2 Å². The van der Waals surface area contributed by atoms with Crippen molar-refractivity contribution in [2.24, 2.45) is 5.41 Å². The van der Waals surface area contributed by atoms with Crippen LogP contribution in [-0.4, -0.2) is 37.5 Å². The summed E-state index contributed by atoms with van der Waals surface area (Å²) in [6.45, 7) is 9.19. The standard InChI is InChI=1S/C23H26F3N7/c1-14-7-5-8-16(28-14)19-30-20(29-15-10-11-27-17(13-15)23(24,25)26)32-21(31-19)33-12-6-9-18(33)22(2,3)4/h5,7-8,10-11,13,18H,6,9,12H2,1-4H3,(H,27,29,30,31,32)/t18-/m1/s1. The Morgan fingerprint density at radius 3 is 2.52 bits per heavy atom. The van der Waals surface area contributed by atoms with Gasteiger partial charge >= 0.3 is 6.18 Å². The molecule has 3 aromatic rings. The first-order valence-electron chi connectivity index (χ1n) is 10.8. The van der Waals surface area contributed by atoms with Gasteiger partial charge in [-0.05, 0) is 49.4 Å². The molecule has 10 heteroatoms. The van der Waals surface area contributed by atoms with Gasteiger partial charge in [-0.1, -0.05) is 26.8 Å². The van der Waals surface area contributed by atoms with Crippen LogP contribution in [0.2, 0.25) is 0 Å². The molecular weight excluding hydrogens is 431 g/mol. The molecule has 33 heavy (non-hydrogen) atoms. The Morgan fingerprint density at radius 2 is 1.82 bits per heavy atom. The summed E-state index contributed by atoms with van der Waals surface area (Å²) in [4.78, 5) is 23.8. The molecule has 0 aliphatic carbocycles. The van der Waals surface area contributed by atoms with Crippen LogP contribution in [0.15, 0.2) is 36.5 Å². The van der Waals surface area contributed by atoms with Crippen molar-refractivity contribution >= 4 is 17.6 Å². The predicted molar refractivity (Wildman–Crippen MR) is 120 cm³/mol. The highest BCUT2D eigenvalue weighted by Gasteiger charge is 2.36. The Morgan fingerprint density at radius 1 is 1.03 bits per heavy atom. The second-order valence-electron chi connectivity index (χ2n) is 9.22. The van der Waals surface area contributed by atoms with E-state index in [-0.39, 0.29) is 23.1 Å². The minimum Gasteiger partial charge on any atom is -0.337 e. The van der Waals surface area contributed by atoms with Gasteiger partial charge in [0.15, 0.2) is 5.82 Å². The van der Waals surface area contributed by atoms with Crippen LogP contribution in [0, 0.1) is 12.3 Å². The molecule has 0 bridgehead atoms. The first-order chi connectivity index (χ1) is 15.5. The van der Waals surface area contributed by atoms with E-state index in [0.717, 1.165) is 37.3 Å². The van der Waals surface area contributed by atoms with Crippen molar-refractivity contribution in [3.05, 3.63) is 47.9 Å². The molecular formula is C23H26F3N7. The van der Waals surface area contributed by atoms with Gasteiger partial charge in [0, 0.05) is 30.2 Å². The molecule has 174 valence electrons. The van der Waals surface area contributed by atoms with Gasteiger partial charge in [-0.25, -0.2) is 4.98 Å². The van der Waals surface area contributed by atoms with Gasteiger partial charge in [-0.3, -0.25) is 4.98 Å². The fourth-order valence-electron chi connectivity index (χ4n) is 4.03. The number of hydrogen-bond acceptors (Lipinski definition) is 7. The predicted octanol–water partition coefficient (Wildman–Crippen LogP) is 5.41. The first kappa shape index (κ1) is 22.9. The van der Waals surface area contributed by atoms with E-state index in [2.05, 4.69) is 50.9 Å². The molecule has 0 unspecified atom stereocenters. The van der Waals surface area contributed by atoms with E-state index in [0.29, 0.717) is 17.5 Å². The molecule has 0 spiro atoms. The van der Waals surface area contributed by atoms with Crippen molar-refractivity contribution in [2.75, 3.05) is 16.8 Å². The molecule has 0 aromatic carbocycles. The van der Waals surface area contributed by atoms with Crippen molar-refractivity contribution < 1.29 is 13.2 Å². The maximum Gasteiger partial charge on any atom is 0.433 e. The highest BCUT2D eigenvalue weighted by molar-refractivity contribution is 5.59. The van der Waals surface area contributed by atoms with E-state index in [9.17, 15) is 13.2 Å². The highest BCUT2D eigenvalue weighted by Crippen LogP contribution is 2.36. The van der Waals surface area contributed by atoms with Gasteiger partial charge in [-0.2, -0.15) is 28.1 Å². The number of nitrogens with zero attached hydrogens (tertiary/aromatic N) is 6. The smallest absolute Gasteiger partial charge is 0.337 e. The third-order valence-corrected chi connectivity index (χ3v) is 5.56. The second kappa shape index (κ2) is 8.57. The number of hydrogen-bond donors (Lipinski definition) is 1. The number of nitrogens with one attached hydrogen (secondary N) is 1. The van der Waals surface area contributed by atoms with Crippen LogP contribution in [0.5, 0.6) is 0 Å². The molecule has 1 saturated heterocycles. The summed E-state index contributed by atoms with van der Waals surface area (Å²) in [6, 6.07) is 8.13. The average molecular weight is 458 g/mol. The number of alkyl halides is 3. The summed E-state index contributed by atoms with van der Waals surface area (Å²) in [5, 5.41) is 2.90. The van der Waals surface area contributed by atoms with Crippen LogP contribution in [0.1, 0.15) is 45.0 Å². The van der Waals surface area contributed by atoms with Crippen LogP contribution in [0.25, 0.3) is 11.5 Å². The fourth-order valence-corrected chi connectivity index (χ4v) is 4.03. The van der Waals surface area contributed by atoms with E-state index < -0.39 is 11.9 Å².